The molecule has 1 aliphatic rings. The lowest BCUT2D eigenvalue weighted by molar-refractivity contribution is 0.115. The summed E-state index contributed by atoms with van der Waals surface area (Å²) in [5.41, 5.74) is 1.77. The second-order valence-corrected chi connectivity index (χ2v) is 12.7. The lowest BCUT2D eigenvalue weighted by atomic mass is 9.98. The lowest BCUT2D eigenvalue weighted by Crippen LogP contribution is -2.35. The molecule has 0 saturated carbocycles. The molecule has 53 heavy (non-hydrogen) atoms. The number of amides is 1. The van der Waals surface area contributed by atoms with Gasteiger partial charge in [0.05, 0.1) is 36.7 Å². The van der Waals surface area contributed by atoms with Gasteiger partial charge in [0.1, 0.15) is 41.4 Å². The first-order chi connectivity index (χ1) is 25.6. The van der Waals surface area contributed by atoms with Crippen LogP contribution in [0.15, 0.2) is 79.3 Å². The Kier molecular flexibility index (Phi) is 11.7. The predicted molar refractivity (Wildman–Crippen MR) is 193 cm³/mol. The number of halogens is 5. The first kappa shape index (κ1) is 37.4. The van der Waals surface area contributed by atoms with Crippen LogP contribution in [0.3, 0.4) is 0 Å². The Labute approximate surface area is 312 Å². The Morgan fingerprint density at radius 3 is 2.34 bits per heavy atom. The summed E-state index contributed by atoms with van der Waals surface area (Å²) in [6.07, 6.45) is 4.31. The second-order valence-electron chi connectivity index (χ2n) is 11.9. The van der Waals surface area contributed by atoms with E-state index in [2.05, 4.69) is 27.1 Å². The zero-order valence-electron chi connectivity index (χ0n) is 28.7. The van der Waals surface area contributed by atoms with Crippen LogP contribution >= 0.6 is 23.2 Å². The van der Waals surface area contributed by atoms with Crippen molar-refractivity contribution in [3.8, 4) is 22.7 Å². The van der Waals surface area contributed by atoms with E-state index in [1.54, 1.807) is 41.2 Å². The van der Waals surface area contributed by atoms with Crippen LogP contribution in [0.2, 0.25) is 10.2 Å². The molecule has 12 nitrogen and oxygen atoms in total. The monoisotopic (exact) mass is 768 g/mol. The van der Waals surface area contributed by atoms with Crippen molar-refractivity contribution in [1.29, 1.82) is 0 Å². The van der Waals surface area contributed by atoms with Gasteiger partial charge in [-0.2, -0.15) is 24.6 Å². The van der Waals surface area contributed by atoms with E-state index in [1.807, 2.05) is 29.2 Å². The standard InChI is InChI=1S/C19H18ClN3O4.C17H15ClF3N5/c1-25-19(24)23(26-2)17-6-4-3-5-14(17)13-27-18-11-12-22(21-18)16-9-7-15(20)8-10-16;1-9-2-4-25(5-3-9)16-14(13-11(20)6-10(19)7-12(13)21)15(18)24-17-22-8-23-26(16)17/h3-12H,13H2,1-2H3;6-9H,2-5H2,1H3. The molecule has 276 valence electrons. The van der Waals surface area contributed by atoms with Crippen LogP contribution in [0.5, 0.6) is 5.88 Å². The molecule has 4 heterocycles. The van der Waals surface area contributed by atoms with E-state index in [1.165, 1.54) is 25.1 Å². The molecular weight excluding hydrogens is 736 g/mol. The van der Waals surface area contributed by atoms with Crippen molar-refractivity contribution in [2.75, 3.05) is 37.3 Å². The van der Waals surface area contributed by atoms with Gasteiger partial charge < -0.3 is 14.4 Å². The number of benzene rings is 3. The number of para-hydroxylation sites is 1. The van der Waals surface area contributed by atoms with Crippen LogP contribution in [0.25, 0.3) is 22.6 Å². The van der Waals surface area contributed by atoms with Crippen molar-refractivity contribution in [1.82, 2.24) is 29.4 Å². The van der Waals surface area contributed by atoms with E-state index in [0.29, 0.717) is 53.5 Å². The minimum atomic E-state index is -1.04. The van der Waals surface area contributed by atoms with Gasteiger partial charge in [-0.25, -0.2) is 22.6 Å². The maximum atomic E-state index is 14.5. The van der Waals surface area contributed by atoms with Crippen LogP contribution < -0.4 is 14.7 Å². The zero-order valence-corrected chi connectivity index (χ0v) is 30.2. The minimum absolute atomic E-state index is 0.0502. The average molecular weight is 770 g/mol. The van der Waals surface area contributed by atoms with Gasteiger partial charge in [-0.05, 0) is 49.1 Å². The van der Waals surface area contributed by atoms with Crippen LogP contribution in [0, 0.1) is 23.4 Å². The fourth-order valence-corrected chi connectivity index (χ4v) is 6.15. The van der Waals surface area contributed by atoms with Gasteiger partial charge in [0.25, 0.3) is 5.78 Å². The Morgan fingerprint density at radius 2 is 1.66 bits per heavy atom. The topological polar surface area (TPSA) is 112 Å². The van der Waals surface area contributed by atoms with E-state index in [0.717, 1.165) is 29.2 Å². The molecule has 1 saturated heterocycles. The summed E-state index contributed by atoms with van der Waals surface area (Å²) < 4.78 is 55.9. The van der Waals surface area contributed by atoms with Crippen molar-refractivity contribution in [2.24, 2.45) is 5.92 Å². The maximum Gasteiger partial charge on any atom is 0.438 e. The third-order valence-corrected chi connectivity index (χ3v) is 8.99. The van der Waals surface area contributed by atoms with E-state index < -0.39 is 29.1 Å². The van der Waals surface area contributed by atoms with E-state index in [9.17, 15) is 18.0 Å². The molecule has 7 rings (SSSR count). The molecule has 1 fully saturated rings. The largest absolute Gasteiger partial charge is 0.472 e. The fraction of sp³-hybridized carbons (Fsp3) is 0.250. The Hall–Kier alpha value is -5.38. The normalized spacial score (nSPS) is 13.1. The number of aromatic nitrogens is 6. The molecule has 0 bridgehead atoms. The molecule has 17 heteroatoms. The first-order valence-electron chi connectivity index (χ1n) is 16.3. The predicted octanol–water partition coefficient (Wildman–Crippen LogP) is 8.34. The molecule has 0 spiro atoms. The highest BCUT2D eigenvalue weighted by atomic mass is 35.5. The highest BCUT2D eigenvalue weighted by molar-refractivity contribution is 6.33. The van der Waals surface area contributed by atoms with Crippen LogP contribution in [-0.2, 0) is 16.2 Å². The van der Waals surface area contributed by atoms with Gasteiger partial charge in [0.15, 0.2) is 0 Å². The molecular formula is C36H33Cl2F3N8O4. The zero-order chi connectivity index (χ0) is 37.6. The smallest absolute Gasteiger partial charge is 0.438 e. The van der Waals surface area contributed by atoms with Gasteiger partial charge in [-0.3, -0.25) is 4.84 Å². The number of nitrogens with zero attached hydrogens (tertiary/aromatic N) is 8. The van der Waals surface area contributed by atoms with Crippen LogP contribution in [0.1, 0.15) is 25.3 Å². The number of methoxy groups -OCH3 is 1. The van der Waals surface area contributed by atoms with Gasteiger partial charge in [-0.1, -0.05) is 48.3 Å². The number of hydrogen-bond acceptors (Lipinski definition) is 9. The number of hydroxylamine groups is 1. The van der Waals surface area contributed by atoms with Gasteiger partial charge in [0, 0.05) is 48.1 Å². The molecule has 0 unspecified atom stereocenters. The van der Waals surface area contributed by atoms with E-state index >= 15 is 0 Å². The van der Waals surface area contributed by atoms with Crippen molar-refractivity contribution in [3.05, 3.63) is 112 Å². The van der Waals surface area contributed by atoms with Gasteiger partial charge in [0.2, 0.25) is 5.88 Å². The van der Waals surface area contributed by atoms with Crippen molar-refractivity contribution in [2.45, 2.75) is 26.4 Å². The highest BCUT2D eigenvalue weighted by Gasteiger charge is 2.29. The Morgan fingerprint density at radius 1 is 0.962 bits per heavy atom. The summed E-state index contributed by atoms with van der Waals surface area (Å²) >= 11 is 12.2. The van der Waals surface area contributed by atoms with E-state index in [4.69, 9.17) is 37.5 Å². The minimum Gasteiger partial charge on any atom is -0.472 e. The van der Waals surface area contributed by atoms with Gasteiger partial charge >= 0.3 is 6.09 Å². The summed E-state index contributed by atoms with van der Waals surface area (Å²) in [5, 5.41) is 10.1. The molecule has 3 aromatic heterocycles. The summed E-state index contributed by atoms with van der Waals surface area (Å²) in [6, 6.07) is 17.5. The number of carbonyl (C=O) groups excluding carboxylic acids is 1. The molecule has 0 radical (unpaired) electrons. The number of rotatable bonds is 8. The molecule has 6 aromatic rings. The number of anilines is 2. The number of carbonyl (C=O) groups is 1. The molecule has 3 aromatic carbocycles. The Bertz CT molecular complexity index is 2190. The molecule has 0 N–H and O–H groups in total. The number of piperidine rings is 1. The van der Waals surface area contributed by atoms with Crippen LogP contribution in [0.4, 0.5) is 29.5 Å². The van der Waals surface area contributed by atoms with Crippen molar-refractivity contribution in [3.63, 3.8) is 0 Å². The number of ether oxygens (including phenoxy) is 2. The summed E-state index contributed by atoms with van der Waals surface area (Å²) in [6.45, 7) is 3.70. The lowest BCUT2D eigenvalue weighted by Gasteiger charge is -2.33. The van der Waals surface area contributed by atoms with Crippen LogP contribution in [-0.4, -0.2) is 62.8 Å². The molecule has 0 atom stereocenters. The van der Waals surface area contributed by atoms with Gasteiger partial charge in [-0.15, -0.1) is 5.10 Å². The quantitative estimate of drug-likeness (QED) is 0.111. The highest BCUT2D eigenvalue weighted by Crippen LogP contribution is 2.40. The number of fused-ring (bicyclic) bond motifs is 1. The first-order valence-corrected chi connectivity index (χ1v) is 17.1. The Balaban J connectivity index is 0.000000181. The van der Waals surface area contributed by atoms with Crippen molar-refractivity contribution < 1.29 is 32.3 Å². The summed E-state index contributed by atoms with van der Waals surface area (Å²) in [4.78, 5) is 27.1. The van der Waals surface area contributed by atoms with E-state index in [-0.39, 0.29) is 23.1 Å². The second kappa shape index (κ2) is 16.5. The number of hydrogen-bond donors (Lipinski definition) is 0. The fourth-order valence-electron chi connectivity index (χ4n) is 5.77. The third-order valence-electron chi connectivity index (χ3n) is 8.46. The summed E-state index contributed by atoms with van der Waals surface area (Å²) in [7, 11) is 2.68. The molecule has 1 aliphatic heterocycles. The third kappa shape index (κ3) is 8.32. The maximum absolute atomic E-state index is 14.5. The SMILES string of the molecule is CC1CCN(c2c(-c3c(F)cc(F)cc3F)c(Cl)nc3ncnn23)CC1.COC(=O)N(OC)c1ccccc1COc1ccn(-c2ccc(Cl)cc2)n1. The van der Waals surface area contributed by atoms with Crippen molar-refractivity contribution >= 4 is 46.6 Å². The molecule has 0 aliphatic carbocycles. The summed E-state index contributed by atoms with van der Waals surface area (Å²) in [5.74, 6) is -1.44. The molecule has 1 amide bonds. The average Bonchev–Trinajstić information content (AvgIpc) is 3.82.